The molecule has 0 aromatic rings. The highest BCUT2D eigenvalue weighted by atomic mass is 32.2. The minimum atomic E-state index is -3.33. The van der Waals surface area contributed by atoms with Crippen LogP contribution in [0.1, 0.15) is 39.0 Å². The molecule has 102 valence electrons. The highest BCUT2D eigenvalue weighted by molar-refractivity contribution is 7.87. The summed E-state index contributed by atoms with van der Waals surface area (Å²) >= 11 is 0. The average molecular weight is 271 g/mol. The Bertz CT molecular complexity index is 429. The molecule has 0 unspecified atom stereocenters. The van der Waals surface area contributed by atoms with E-state index in [1.165, 1.54) is 17.1 Å². The standard InChI is InChI=1S/C12H21N3O2S/c1-2-14-18(16,17)15-7-5-12(10-13,6-8-15)9-11-3-4-11/h11,14H,2-9H2,1H3. The number of hydrogen-bond acceptors (Lipinski definition) is 3. The number of nitriles is 1. The Balaban J connectivity index is 1.96. The monoisotopic (exact) mass is 271 g/mol. The molecule has 0 atom stereocenters. The first-order chi connectivity index (χ1) is 8.51. The van der Waals surface area contributed by atoms with Crippen LogP contribution in [0.2, 0.25) is 0 Å². The van der Waals surface area contributed by atoms with Crippen LogP contribution >= 0.6 is 0 Å². The van der Waals surface area contributed by atoms with Gasteiger partial charge in [-0.1, -0.05) is 19.8 Å². The Morgan fingerprint density at radius 3 is 2.44 bits per heavy atom. The molecule has 18 heavy (non-hydrogen) atoms. The number of piperidine rings is 1. The van der Waals surface area contributed by atoms with Gasteiger partial charge in [0.15, 0.2) is 0 Å². The van der Waals surface area contributed by atoms with E-state index < -0.39 is 10.2 Å². The van der Waals surface area contributed by atoms with Crippen LogP contribution in [-0.4, -0.2) is 32.4 Å². The topological polar surface area (TPSA) is 73.2 Å². The second-order valence-electron chi connectivity index (χ2n) is 5.44. The third kappa shape index (κ3) is 3.02. The largest absolute Gasteiger partial charge is 0.279 e. The molecule has 2 fully saturated rings. The van der Waals surface area contributed by atoms with Gasteiger partial charge in [0.2, 0.25) is 0 Å². The van der Waals surface area contributed by atoms with Crippen LogP contribution in [0.15, 0.2) is 0 Å². The first-order valence-corrected chi connectivity index (χ1v) is 8.11. The Morgan fingerprint density at radius 1 is 1.39 bits per heavy atom. The third-order valence-corrected chi connectivity index (χ3v) is 5.66. The van der Waals surface area contributed by atoms with Crippen LogP contribution in [0.5, 0.6) is 0 Å². The smallest absolute Gasteiger partial charge is 0.202 e. The van der Waals surface area contributed by atoms with Crippen molar-refractivity contribution in [3.63, 3.8) is 0 Å². The molecule has 0 aromatic carbocycles. The van der Waals surface area contributed by atoms with Gasteiger partial charge in [0.25, 0.3) is 10.2 Å². The molecule has 1 N–H and O–H groups in total. The van der Waals surface area contributed by atoms with Crippen LogP contribution in [0, 0.1) is 22.7 Å². The maximum Gasteiger partial charge on any atom is 0.279 e. The second kappa shape index (κ2) is 5.16. The molecular formula is C12H21N3O2S. The van der Waals surface area contributed by atoms with Crippen LogP contribution in [-0.2, 0) is 10.2 Å². The summed E-state index contributed by atoms with van der Waals surface area (Å²) in [5, 5.41) is 9.38. The Kier molecular flexibility index (Phi) is 3.95. The molecule has 6 heteroatoms. The lowest BCUT2D eigenvalue weighted by atomic mass is 9.76. The molecule has 0 aromatic heterocycles. The van der Waals surface area contributed by atoms with Gasteiger partial charge in [-0.15, -0.1) is 0 Å². The normalized spacial score (nSPS) is 24.7. The van der Waals surface area contributed by atoms with E-state index in [2.05, 4.69) is 10.8 Å². The molecule has 1 saturated heterocycles. The summed E-state index contributed by atoms with van der Waals surface area (Å²) in [4.78, 5) is 0. The fourth-order valence-electron chi connectivity index (χ4n) is 2.66. The Morgan fingerprint density at radius 2 is 2.00 bits per heavy atom. The number of nitrogens with zero attached hydrogens (tertiary/aromatic N) is 2. The van der Waals surface area contributed by atoms with Crippen molar-refractivity contribution in [3.8, 4) is 6.07 Å². The van der Waals surface area contributed by atoms with E-state index in [1.54, 1.807) is 6.92 Å². The molecule has 2 rings (SSSR count). The molecule has 0 amide bonds. The average Bonchev–Trinajstić information content (AvgIpc) is 3.13. The molecule has 1 aliphatic heterocycles. The molecule has 1 heterocycles. The molecule has 1 aliphatic carbocycles. The highest BCUT2D eigenvalue weighted by Crippen LogP contribution is 2.45. The molecule has 0 radical (unpaired) electrons. The van der Waals surface area contributed by atoms with Gasteiger partial charge >= 0.3 is 0 Å². The zero-order valence-electron chi connectivity index (χ0n) is 10.9. The number of rotatable bonds is 5. The lowest BCUT2D eigenvalue weighted by Gasteiger charge is -2.36. The summed E-state index contributed by atoms with van der Waals surface area (Å²) in [5.41, 5.74) is -0.278. The molecular weight excluding hydrogens is 250 g/mol. The molecule has 5 nitrogen and oxygen atoms in total. The summed E-state index contributed by atoms with van der Waals surface area (Å²) in [6.07, 6.45) is 4.78. The van der Waals surface area contributed by atoms with Crippen molar-refractivity contribution in [1.82, 2.24) is 9.03 Å². The summed E-state index contributed by atoms with van der Waals surface area (Å²) in [5.74, 6) is 0.710. The van der Waals surface area contributed by atoms with Crippen molar-refractivity contribution in [2.45, 2.75) is 39.0 Å². The van der Waals surface area contributed by atoms with Crippen molar-refractivity contribution in [3.05, 3.63) is 0 Å². The van der Waals surface area contributed by atoms with Gasteiger partial charge in [-0.3, -0.25) is 0 Å². The first kappa shape index (κ1) is 13.8. The van der Waals surface area contributed by atoms with Gasteiger partial charge in [0, 0.05) is 19.6 Å². The third-order valence-electron chi connectivity index (χ3n) is 3.96. The van der Waals surface area contributed by atoms with Crippen molar-refractivity contribution in [2.24, 2.45) is 11.3 Å². The zero-order valence-corrected chi connectivity index (χ0v) is 11.7. The van der Waals surface area contributed by atoms with E-state index in [1.807, 2.05) is 0 Å². The molecule has 1 saturated carbocycles. The van der Waals surface area contributed by atoms with Gasteiger partial charge in [-0.2, -0.15) is 18.0 Å². The van der Waals surface area contributed by atoms with E-state index in [4.69, 9.17) is 0 Å². The predicted molar refractivity (Wildman–Crippen MR) is 68.8 cm³/mol. The Hall–Kier alpha value is -0.640. The van der Waals surface area contributed by atoms with Crippen LogP contribution in [0.4, 0.5) is 0 Å². The van der Waals surface area contributed by atoms with Crippen LogP contribution in [0.3, 0.4) is 0 Å². The number of nitrogens with one attached hydrogen (secondary N) is 1. The SMILES string of the molecule is CCNS(=O)(=O)N1CCC(C#N)(CC2CC2)CC1. The van der Waals surface area contributed by atoms with Crippen molar-refractivity contribution in [2.75, 3.05) is 19.6 Å². The van der Waals surface area contributed by atoms with Gasteiger partial charge in [-0.05, 0) is 25.2 Å². The Labute approximate surface area is 109 Å². The van der Waals surface area contributed by atoms with Gasteiger partial charge < -0.3 is 0 Å². The quantitative estimate of drug-likeness (QED) is 0.817. The lowest BCUT2D eigenvalue weighted by Crippen LogP contribution is -2.47. The predicted octanol–water partition coefficient (Wildman–Crippen LogP) is 1.25. The van der Waals surface area contributed by atoms with E-state index in [9.17, 15) is 13.7 Å². The molecule has 2 aliphatic rings. The minimum Gasteiger partial charge on any atom is -0.202 e. The first-order valence-electron chi connectivity index (χ1n) is 6.67. The summed E-state index contributed by atoms with van der Waals surface area (Å²) < 4.78 is 27.7. The van der Waals surface area contributed by atoms with Gasteiger partial charge in [-0.25, -0.2) is 4.72 Å². The van der Waals surface area contributed by atoms with Crippen molar-refractivity contribution >= 4 is 10.2 Å². The summed E-state index contributed by atoms with van der Waals surface area (Å²) in [6.45, 7) is 3.11. The van der Waals surface area contributed by atoms with Crippen molar-refractivity contribution < 1.29 is 8.42 Å². The zero-order chi connectivity index (χ0) is 13.2. The highest BCUT2D eigenvalue weighted by Gasteiger charge is 2.41. The fourth-order valence-corrected chi connectivity index (χ4v) is 3.88. The summed E-state index contributed by atoms with van der Waals surface area (Å²) in [7, 11) is -3.33. The van der Waals surface area contributed by atoms with E-state index in [-0.39, 0.29) is 5.41 Å². The fraction of sp³-hybridized carbons (Fsp3) is 0.917. The molecule has 0 spiro atoms. The van der Waals surface area contributed by atoms with E-state index in [0.717, 1.165) is 6.42 Å². The maximum absolute atomic E-state index is 11.9. The van der Waals surface area contributed by atoms with Gasteiger partial charge in [0.05, 0.1) is 11.5 Å². The van der Waals surface area contributed by atoms with Crippen LogP contribution < -0.4 is 4.72 Å². The van der Waals surface area contributed by atoms with E-state index >= 15 is 0 Å². The lowest BCUT2D eigenvalue weighted by molar-refractivity contribution is 0.192. The van der Waals surface area contributed by atoms with Crippen LogP contribution in [0.25, 0.3) is 0 Å². The summed E-state index contributed by atoms with van der Waals surface area (Å²) in [6, 6.07) is 2.45. The second-order valence-corrected chi connectivity index (χ2v) is 7.20. The van der Waals surface area contributed by atoms with Gasteiger partial charge in [0.1, 0.15) is 0 Å². The molecule has 0 bridgehead atoms. The van der Waals surface area contributed by atoms with Crippen molar-refractivity contribution in [1.29, 1.82) is 5.26 Å². The maximum atomic E-state index is 11.9. The number of hydrogen-bond donors (Lipinski definition) is 1. The minimum absolute atomic E-state index is 0.278. The van der Waals surface area contributed by atoms with E-state index in [0.29, 0.717) is 38.4 Å².